The van der Waals surface area contributed by atoms with Crippen LogP contribution in [-0.4, -0.2) is 29.2 Å². The van der Waals surface area contributed by atoms with Gasteiger partial charge in [0.05, 0.1) is 19.1 Å². The Balaban J connectivity index is 2.48. The van der Waals surface area contributed by atoms with Gasteiger partial charge in [-0.2, -0.15) is 0 Å². The monoisotopic (exact) mass is 355 g/mol. The van der Waals surface area contributed by atoms with Crippen LogP contribution in [0.25, 0.3) is 0 Å². The quantitative estimate of drug-likeness (QED) is 0.862. The third-order valence-electron chi connectivity index (χ3n) is 3.51. The highest BCUT2D eigenvalue weighted by molar-refractivity contribution is 7.91. The molecule has 0 saturated carbocycles. The lowest BCUT2D eigenvalue weighted by atomic mass is 10.1. The summed E-state index contributed by atoms with van der Waals surface area (Å²) in [6, 6.07) is 11.0. The molecule has 2 aromatic rings. The number of benzene rings is 2. The maximum atomic E-state index is 12.8. The first-order valence-electron chi connectivity index (χ1n) is 6.85. The zero-order valence-corrected chi connectivity index (χ0v) is 14.4. The number of rotatable bonds is 6. The minimum atomic E-state index is -3.65. The Bertz CT molecular complexity index is 775. The molecule has 5 nitrogen and oxygen atoms in total. The summed E-state index contributed by atoms with van der Waals surface area (Å²) < 4.78 is 36.1. The van der Waals surface area contributed by atoms with Crippen LogP contribution in [0.2, 0.25) is 5.02 Å². The Morgan fingerprint density at radius 3 is 2.17 bits per heavy atom. The predicted molar refractivity (Wildman–Crippen MR) is 90.0 cm³/mol. The zero-order chi connectivity index (χ0) is 17.0. The highest BCUT2D eigenvalue weighted by Crippen LogP contribution is 2.34. The molecule has 0 aliphatic rings. The van der Waals surface area contributed by atoms with Gasteiger partial charge in [0.15, 0.2) is 21.3 Å². The van der Waals surface area contributed by atoms with Crippen LogP contribution in [-0.2, 0) is 9.84 Å². The SMILES string of the molecule is COc1ccc([C@@H](CN)S(=O)(=O)c2ccc(Cl)cc2)cc1OC. The van der Waals surface area contributed by atoms with Crippen molar-refractivity contribution in [2.45, 2.75) is 10.1 Å². The van der Waals surface area contributed by atoms with Gasteiger partial charge in [-0.3, -0.25) is 0 Å². The normalized spacial score (nSPS) is 12.7. The van der Waals surface area contributed by atoms with Gasteiger partial charge in [-0.15, -0.1) is 0 Å². The Morgan fingerprint density at radius 2 is 1.65 bits per heavy atom. The molecule has 23 heavy (non-hydrogen) atoms. The van der Waals surface area contributed by atoms with Crippen LogP contribution in [0.3, 0.4) is 0 Å². The van der Waals surface area contributed by atoms with Gasteiger partial charge in [0.1, 0.15) is 5.25 Å². The van der Waals surface area contributed by atoms with Crippen LogP contribution in [0.5, 0.6) is 11.5 Å². The maximum absolute atomic E-state index is 12.8. The van der Waals surface area contributed by atoms with E-state index in [-0.39, 0.29) is 11.4 Å². The minimum absolute atomic E-state index is 0.0551. The summed E-state index contributed by atoms with van der Waals surface area (Å²) in [7, 11) is -0.636. The third-order valence-corrected chi connectivity index (χ3v) is 5.91. The molecule has 1 atom stereocenters. The van der Waals surface area contributed by atoms with Crippen molar-refractivity contribution < 1.29 is 17.9 Å². The summed E-state index contributed by atoms with van der Waals surface area (Å²) in [6.07, 6.45) is 0. The first-order valence-corrected chi connectivity index (χ1v) is 8.78. The van der Waals surface area contributed by atoms with E-state index in [9.17, 15) is 8.42 Å². The minimum Gasteiger partial charge on any atom is -0.493 e. The second-order valence-corrected chi connectivity index (χ2v) is 7.40. The number of hydrogen-bond acceptors (Lipinski definition) is 5. The Hall–Kier alpha value is -1.76. The van der Waals surface area contributed by atoms with E-state index in [1.54, 1.807) is 18.2 Å². The summed E-state index contributed by atoms with van der Waals surface area (Å²) >= 11 is 5.82. The van der Waals surface area contributed by atoms with Gasteiger partial charge < -0.3 is 15.2 Å². The first-order chi connectivity index (χ1) is 10.9. The fourth-order valence-corrected chi connectivity index (χ4v) is 4.01. The Morgan fingerprint density at radius 1 is 1.04 bits per heavy atom. The van der Waals surface area contributed by atoms with Crippen molar-refractivity contribution in [1.82, 2.24) is 0 Å². The Labute approximate surface area is 140 Å². The van der Waals surface area contributed by atoms with Gasteiger partial charge in [-0.25, -0.2) is 8.42 Å². The van der Waals surface area contributed by atoms with Crippen LogP contribution in [0.15, 0.2) is 47.4 Å². The lowest BCUT2D eigenvalue weighted by Gasteiger charge is -2.18. The van der Waals surface area contributed by atoms with E-state index in [2.05, 4.69) is 0 Å². The molecule has 0 amide bonds. The molecule has 124 valence electrons. The van der Waals surface area contributed by atoms with Gasteiger partial charge in [0.2, 0.25) is 0 Å². The average Bonchev–Trinajstić information content (AvgIpc) is 2.55. The number of ether oxygens (including phenoxy) is 2. The second kappa shape index (κ2) is 7.21. The Kier molecular flexibility index (Phi) is 5.51. The van der Waals surface area contributed by atoms with Crippen molar-refractivity contribution in [3.05, 3.63) is 53.1 Å². The standard InChI is InChI=1S/C16H18ClNO4S/c1-21-14-8-3-11(9-15(14)22-2)16(10-18)23(19,20)13-6-4-12(17)5-7-13/h3-9,16H,10,18H2,1-2H3/t16-/m1/s1. The van der Waals surface area contributed by atoms with Gasteiger partial charge in [0.25, 0.3) is 0 Å². The molecule has 0 spiro atoms. The topological polar surface area (TPSA) is 78.6 Å². The van der Waals surface area contributed by atoms with E-state index in [0.29, 0.717) is 22.1 Å². The number of nitrogens with two attached hydrogens (primary N) is 1. The number of methoxy groups -OCH3 is 2. The van der Waals surface area contributed by atoms with E-state index in [1.165, 1.54) is 38.5 Å². The van der Waals surface area contributed by atoms with Gasteiger partial charge in [-0.05, 0) is 42.0 Å². The summed E-state index contributed by atoms with van der Waals surface area (Å²) in [6.45, 7) is -0.0551. The predicted octanol–water partition coefficient (Wildman–Crippen LogP) is 2.83. The molecule has 0 unspecified atom stereocenters. The van der Waals surface area contributed by atoms with Crippen LogP contribution >= 0.6 is 11.6 Å². The molecule has 0 saturated heterocycles. The molecule has 0 aliphatic carbocycles. The molecular weight excluding hydrogens is 338 g/mol. The molecule has 0 fully saturated rings. The van der Waals surface area contributed by atoms with Crippen molar-refractivity contribution in [2.75, 3.05) is 20.8 Å². The molecule has 0 aliphatic heterocycles. The van der Waals surface area contributed by atoms with Gasteiger partial charge in [0, 0.05) is 11.6 Å². The summed E-state index contributed by atoms with van der Waals surface area (Å²) in [4.78, 5) is 0.173. The highest BCUT2D eigenvalue weighted by Gasteiger charge is 2.28. The summed E-state index contributed by atoms with van der Waals surface area (Å²) in [5.41, 5.74) is 6.28. The van der Waals surface area contributed by atoms with E-state index in [4.69, 9.17) is 26.8 Å². The fourth-order valence-electron chi connectivity index (χ4n) is 2.28. The van der Waals surface area contributed by atoms with Crippen LogP contribution in [0.4, 0.5) is 0 Å². The highest BCUT2D eigenvalue weighted by atomic mass is 35.5. The van der Waals surface area contributed by atoms with E-state index in [1.807, 2.05) is 0 Å². The molecule has 2 rings (SSSR count). The van der Waals surface area contributed by atoms with Crippen LogP contribution in [0, 0.1) is 0 Å². The van der Waals surface area contributed by atoms with Gasteiger partial charge in [-0.1, -0.05) is 17.7 Å². The van der Waals surface area contributed by atoms with Crippen molar-refractivity contribution in [3.63, 3.8) is 0 Å². The molecule has 0 heterocycles. The number of sulfone groups is 1. The molecule has 0 bridgehead atoms. The second-order valence-electron chi connectivity index (χ2n) is 4.84. The fraction of sp³-hybridized carbons (Fsp3) is 0.250. The third kappa shape index (κ3) is 3.60. The van der Waals surface area contributed by atoms with E-state index < -0.39 is 15.1 Å². The van der Waals surface area contributed by atoms with Crippen molar-refractivity contribution in [1.29, 1.82) is 0 Å². The van der Waals surface area contributed by atoms with E-state index in [0.717, 1.165) is 0 Å². The smallest absolute Gasteiger partial charge is 0.186 e. The number of hydrogen-bond donors (Lipinski definition) is 1. The molecule has 0 aromatic heterocycles. The van der Waals surface area contributed by atoms with Crippen molar-refractivity contribution in [3.8, 4) is 11.5 Å². The van der Waals surface area contributed by atoms with E-state index >= 15 is 0 Å². The van der Waals surface area contributed by atoms with Crippen molar-refractivity contribution >= 4 is 21.4 Å². The van der Waals surface area contributed by atoms with Gasteiger partial charge >= 0.3 is 0 Å². The number of halogens is 1. The zero-order valence-electron chi connectivity index (χ0n) is 12.8. The maximum Gasteiger partial charge on any atom is 0.186 e. The molecule has 0 radical (unpaired) electrons. The van der Waals surface area contributed by atoms with Crippen LogP contribution in [0.1, 0.15) is 10.8 Å². The van der Waals surface area contributed by atoms with Crippen molar-refractivity contribution in [2.24, 2.45) is 5.73 Å². The van der Waals surface area contributed by atoms with Crippen LogP contribution < -0.4 is 15.2 Å². The lowest BCUT2D eigenvalue weighted by Crippen LogP contribution is -2.22. The largest absolute Gasteiger partial charge is 0.493 e. The first kappa shape index (κ1) is 17.6. The average molecular weight is 356 g/mol. The molecule has 2 N–H and O–H groups in total. The molecule has 2 aromatic carbocycles. The summed E-state index contributed by atoms with van der Waals surface area (Å²) in [5, 5.41) is -0.414. The molecular formula is C16H18ClNO4S. The summed E-state index contributed by atoms with van der Waals surface area (Å²) in [5.74, 6) is 0.977. The molecule has 7 heteroatoms. The lowest BCUT2D eigenvalue weighted by molar-refractivity contribution is 0.354.